The molecule has 0 fully saturated rings. The van der Waals surface area contributed by atoms with Gasteiger partial charge in [-0.2, -0.15) is 0 Å². The summed E-state index contributed by atoms with van der Waals surface area (Å²) in [7, 11) is -5.56. The Kier molecular flexibility index (Phi) is 9.41. The second kappa shape index (κ2) is 13.2. The molecule has 47 heavy (non-hydrogen) atoms. The van der Waals surface area contributed by atoms with Crippen molar-refractivity contribution < 1.29 is 26.4 Å². The van der Waals surface area contributed by atoms with Gasteiger partial charge in [-0.1, -0.05) is 41.4 Å². The number of aromatic nitrogens is 2. The molecule has 12 nitrogen and oxygen atoms in total. The van der Waals surface area contributed by atoms with Crippen molar-refractivity contribution >= 4 is 66.2 Å². The lowest BCUT2D eigenvalue weighted by Gasteiger charge is -2.13. The summed E-state index contributed by atoms with van der Waals surface area (Å²) < 4.78 is 65.9. The minimum Gasteiger partial charge on any atom is -0.497 e. The van der Waals surface area contributed by atoms with Gasteiger partial charge in [-0.25, -0.2) is 21.5 Å². The molecule has 0 radical (unpaired) electrons. The third-order valence-electron chi connectivity index (χ3n) is 7.09. The van der Waals surface area contributed by atoms with Crippen LogP contribution in [-0.4, -0.2) is 39.2 Å². The van der Waals surface area contributed by atoms with Gasteiger partial charge in [0.25, 0.3) is 31.5 Å². The Hall–Kier alpha value is -4.76. The number of benzene rings is 4. The van der Waals surface area contributed by atoms with Crippen LogP contribution in [0.2, 0.25) is 10.0 Å². The lowest BCUT2D eigenvalue weighted by molar-refractivity contribution is 0.102. The number of hydrogen-bond donors (Lipinski definition) is 3. The first kappa shape index (κ1) is 33.6. The maximum absolute atomic E-state index is 13.5. The van der Waals surface area contributed by atoms with Crippen LogP contribution in [0.15, 0.2) is 106 Å². The van der Waals surface area contributed by atoms with E-state index in [4.69, 9.17) is 27.9 Å². The molecule has 0 aliphatic rings. The van der Waals surface area contributed by atoms with Gasteiger partial charge in [-0.05, 0) is 79.7 Å². The van der Waals surface area contributed by atoms with E-state index < -0.39 is 36.4 Å². The van der Waals surface area contributed by atoms with Crippen LogP contribution in [0.1, 0.15) is 16.1 Å². The van der Waals surface area contributed by atoms with Crippen molar-refractivity contribution in [3.8, 4) is 11.4 Å². The molecule has 16 heteroatoms. The average molecular weight is 717 g/mol. The van der Waals surface area contributed by atoms with E-state index >= 15 is 0 Å². The highest BCUT2D eigenvalue weighted by Gasteiger charge is 2.26. The smallest absolute Gasteiger partial charge is 0.296 e. The number of carbonyl (C=O) groups excluding carboxylic acids is 1. The SMILES string of the molecule is COc1ccc(NS(=O)(=O)c2cc(NC(=O)c3ccc(Cl)c(S(=O)(=O)Nc4c(C)n(C)n(-c5ccccc5)c4=O)c3)ccc2Cl)cc1. The van der Waals surface area contributed by atoms with Crippen LogP contribution in [0.3, 0.4) is 0 Å². The first-order valence-electron chi connectivity index (χ1n) is 13.7. The lowest BCUT2D eigenvalue weighted by Crippen LogP contribution is -2.23. The number of nitrogens with one attached hydrogen (secondary N) is 3. The first-order valence-corrected chi connectivity index (χ1v) is 17.4. The minimum absolute atomic E-state index is 0.0633. The van der Waals surface area contributed by atoms with Crippen LogP contribution >= 0.6 is 23.2 Å². The first-order chi connectivity index (χ1) is 22.2. The van der Waals surface area contributed by atoms with Gasteiger partial charge in [0.05, 0.1) is 28.5 Å². The Morgan fingerprint density at radius 2 is 1.34 bits per heavy atom. The molecule has 0 saturated carbocycles. The molecule has 4 aromatic carbocycles. The maximum Gasteiger partial charge on any atom is 0.296 e. The minimum atomic E-state index is -4.47. The van der Waals surface area contributed by atoms with Crippen LogP contribution in [-0.2, 0) is 27.1 Å². The van der Waals surface area contributed by atoms with E-state index in [0.717, 1.165) is 12.1 Å². The second-order valence-corrected chi connectivity index (χ2v) is 14.2. The number of halogens is 2. The number of hydrogen-bond acceptors (Lipinski definition) is 7. The van der Waals surface area contributed by atoms with Gasteiger partial charge in [0, 0.05) is 24.0 Å². The summed E-state index contributed by atoms with van der Waals surface area (Å²) in [6, 6.07) is 22.3. The maximum atomic E-state index is 13.5. The molecule has 1 amide bonds. The molecule has 5 rings (SSSR count). The van der Waals surface area contributed by atoms with Crippen molar-refractivity contribution in [3.63, 3.8) is 0 Å². The number of para-hydroxylation sites is 1. The van der Waals surface area contributed by atoms with Crippen molar-refractivity contribution in [1.29, 1.82) is 0 Å². The quantitative estimate of drug-likeness (QED) is 0.169. The molecule has 0 spiro atoms. The van der Waals surface area contributed by atoms with Gasteiger partial charge < -0.3 is 10.1 Å². The summed E-state index contributed by atoms with van der Waals surface area (Å²) in [5.74, 6) is -0.236. The zero-order chi connectivity index (χ0) is 34.1. The van der Waals surface area contributed by atoms with Gasteiger partial charge in [0.15, 0.2) is 0 Å². The van der Waals surface area contributed by atoms with Crippen LogP contribution in [0.25, 0.3) is 5.69 Å². The third kappa shape index (κ3) is 7.00. The summed E-state index contributed by atoms with van der Waals surface area (Å²) in [4.78, 5) is 25.8. The molecule has 3 N–H and O–H groups in total. The van der Waals surface area contributed by atoms with Crippen LogP contribution in [0, 0.1) is 6.92 Å². The molecular formula is C31H27Cl2N5O7S2. The fraction of sp³-hybridized carbons (Fsp3) is 0.0968. The zero-order valence-corrected chi connectivity index (χ0v) is 28.1. The van der Waals surface area contributed by atoms with Gasteiger partial charge >= 0.3 is 0 Å². The number of amides is 1. The van der Waals surface area contributed by atoms with E-state index in [-0.39, 0.29) is 37.6 Å². The predicted molar refractivity (Wildman–Crippen MR) is 181 cm³/mol. The molecular weight excluding hydrogens is 689 g/mol. The van der Waals surface area contributed by atoms with Gasteiger partial charge in [0.1, 0.15) is 21.2 Å². The average Bonchev–Trinajstić information content (AvgIpc) is 3.24. The largest absolute Gasteiger partial charge is 0.497 e. The zero-order valence-electron chi connectivity index (χ0n) is 25.0. The standard InChI is InChI=1S/C31H27Cl2N5O7S2/c1-19-29(31(40)38(37(19)2)23-7-5-4-6-8-23)36-47(43,44)27-17-20(9-15-25(27)32)30(39)34-22-12-16-26(33)28(18-22)46(41,42)35-21-10-13-24(45-3)14-11-21/h4-18,35-36H,1-3H3,(H,34,39). The number of ether oxygens (including phenoxy) is 1. The third-order valence-corrected chi connectivity index (χ3v) is 10.8. The molecule has 0 bridgehead atoms. The Morgan fingerprint density at radius 1 is 0.766 bits per heavy atom. The molecule has 1 aromatic heterocycles. The fourth-order valence-electron chi connectivity index (χ4n) is 4.59. The summed E-state index contributed by atoms with van der Waals surface area (Å²) >= 11 is 12.5. The number of sulfonamides is 2. The highest BCUT2D eigenvalue weighted by atomic mass is 35.5. The lowest BCUT2D eigenvalue weighted by atomic mass is 10.2. The number of methoxy groups -OCH3 is 1. The molecule has 0 unspecified atom stereocenters. The van der Waals surface area contributed by atoms with E-state index in [1.807, 2.05) is 0 Å². The molecule has 244 valence electrons. The molecule has 5 aromatic rings. The Labute approximate surface area is 280 Å². The summed E-state index contributed by atoms with van der Waals surface area (Å²) in [5, 5.41) is 2.25. The van der Waals surface area contributed by atoms with Crippen molar-refractivity contribution in [1.82, 2.24) is 9.36 Å². The summed E-state index contributed by atoms with van der Waals surface area (Å²) in [5.41, 5.74) is 0.261. The van der Waals surface area contributed by atoms with E-state index in [9.17, 15) is 26.4 Å². The number of carbonyl (C=O) groups is 1. The van der Waals surface area contributed by atoms with Crippen LogP contribution < -0.4 is 25.1 Å². The van der Waals surface area contributed by atoms with E-state index in [2.05, 4.69) is 14.8 Å². The number of anilines is 3. The van der Waals surface area contributed by atoms with Crippen LogP contribution in [0.5, 0.6) is 5.75 Å². The number of rotatable bonds is 10. The summed E-state index contributed by atoms with van der Waals surface area (Å²) in [6.07, 6.45) is 0. The van der Waals surface area contributed by atoms with Crippen molar-refractivity contribution in [2.45, 2.75) is 16.7 Å². The molecule has 1 heterocycles. The van der Waals surface area contributed by atoms with Crippen molar-refractivity contribution in [2.75, 3.05) is 21.9 Å². The molecule has 0 atom stereocenters. The van der Waals surface area contributed by atoms with Gasteiger partial charge in [-0.3, -0.25) is 23.7 Å². The molecule has 0 aliphatic carbocycles. The highest BCUT2D eigenvalue weighted by Crippen LogP contribution is 2.29. The number of nitrogens with zero attached hydrogens (tertiary/aromatic N) is 2. The van der Waals surface area contributed by atoms with Crippen molar-refractivity contribution in [2.24, 2.45) is 7.05 Å². The van der Waals surface area contributed by atoms with Gasteiger partial charge in [-0.15, -0.1) is 0 Å². The van der Waals surface area contributed by atoms with Gasteiger partial charge in [0.2, 0.25) is 0 Å². The Bertz CT molecular complexity index is 2270. The topological polar surface area (TPSA) is 158 Å². The fourth-order valence-corrected chi connectivity index (χ4v) is 7.81. The van der Waals surface area contributed by atoms with Crippen LogP contribution in [0.4, 0.5) is 17.1 Å². The Balaban J connectivity index is 1.40. The monoisotopic (exact) mass is 715 g/mol. The second-order valence-electron chi connectivity index (χ2n) is 10.1. The summed E-state index contributed by atoms with van der Waals surface area (Å²) in [6.45, 7) is 1.58. The van der Waals surface area contributed by atoms with E-state index in [1.165, 1.54) is 52.9 Å². The van der Waals surface area contributed by atoms with E-state index in [0.29, 0.717) is 17.1 Å². The highest BCUT2D eigenvalue weighted by molar-refractivity contribution is 7.93. The normalized spacial score (nSPS) is 11.6. The molecule has 0 saturated heterocycles. The van der Waals surface area contributed by atoms with Crippen molar-refractivity contribution in [3.05, 3.63) is 123 Å². The predicted octanol–water partition coefficient (Wildman–Crippen LogP) is 5.65. The molecule has 0 aliphatic heterocycles. The van der Waals surface area contributed by atoms with E-state index in [1.54, 1.807) is 56.4 Å². The Morgan fingerprint density at radius 3 is 1.98 bits per heavy atom.